The number of aromatic amines is 1. The van der Waals surface area contributed by atoms with Crippen molar-refractivity contribution < 1.29 is 23.9 Å². The highest BCUT2D eigenvalue weighted by molar-refractivity contribution is 5.92. The van der Waals surface area contributed by atoms with Crippen molar-refractivity contribution in [3.63, 3.8) is 0 Å². The van der Waals surface area contributed by atoms with Gasteiger partial charge >= 0.3 is 5.97 Å². The van der Waals surface area contributed by atoms with Gasteiger partial charge in [0.25, 0.3) is 0 Å². The second-order valence-corrected chi connectivity index (χ2v) is 6.69. The summed E-state index contributed by atoms with van der Waals surface area (Å²) in [5.41, 5.74) is 1.85. The lowest BCUT2D eigenvalue weighted by atomic mass is 10.0. The van der Waals surface area contributed by atoms with Gasteiger partial charge in [-0.1, -0.05) is 18.2 Å². The number of amides is 2. The molecule has 0 spiro atoms. The number of para-hydroxylation sites is 1. The van der Waals surface area contributed by atoms with E-state index in [4.69, 9.17) is 4.74 Å². The number of nitrogens with one attached hydrogen (secondary N) is 3. The molecule has 8 heteroatoms. The molecule has 0 unspecified atom stereocenters. The quantitative estimate of drug-likeness (QED) is 0.560. The summed E-state index contributed by atoms with van der Waals surface area (Å²) in [5.74, 6) is -1.43. The molecule has 0 radical (unpaired) electrons. The molecule has 1 aromatic carbocycles. The number of aromatic nitrogens is 1. The van der Waals surface area contributed by atoms with Crippen LogP contribution in [0.4, 0.5) is 0 Å². The van der Waals surface area contributed by atoms with Crippen molar-refractivity contribution in [2.75, 3.05) is 14.2 Å². The lowest BCUT2D eigenvalue weighted by molar-refractivity contribution is -0.151. The summed E-state index contributed by atoms with van der Waals surface area (Å²) < 4.78 is 10.2. The number of fused-ring (bicyclic) bond motifs is 1. The van der Waals surface area contributed by atoms with E-state index in [0.717, 1.165) is 16.5 Å². The highest BCUT2D eigenvalue weighted by Gasteiger charge is 2.29. The highest BCUT2D eigenvalue weighted by atomic mass is 16.5. The van der Waals surface area contributed by atoms with Crippen LogP contribution in [-0.4, -0.2) is 55.2 Å². The molecule has 0 aliphatic rings. The van der Waals surface area contributed by atoms with Crippen LogP contribution in [0.2, 0.25) is 0 Å². The van der Waals surface area contributed by atoms with Crippen molar-refractivity contribution in [1.82, 2.24) is 15.6 Å². The Morgan fingerprint density at radius 3 is 2.50 bits per heavy atom. The summed E-state index contributed by atoms with van der Waals surface area (Å²) >= 11 is 0. The van der Waals surface area contributed by atoms with Gasteiger partial charge in [0.2, 0.25) is 11.8 Å². The van der Waals surface area contributed by atoms with Gasteiger partial charge in [0.1, 0.15) is 12.1 Å². The first-order valence-corrected chi connectivity index (χ1v) is 9.15. The lowest BCUT2D eigenvalue weighted by Gasteiger charge is -2.23. The fraction of sp³-hybridized carbons (Fsp3) is 0.450. The zero-order valence-electron chi connectivity index (χ0n) is 16.6. The van der Waals surface area contributed by atoms with Crippen LogP contribution >= 0.6 is 0 Å². The molecule has 2 aromatic rings. The normalized spacial score (nSPS) is 13.2. The van der Waals surface area contributed by atoms with Gasteiger partial charge in [0, 0.05) is 30.6 Å². The van der Waals surface area contributed by atoms with Crippen LogP contribution in [0.1, 0.15) is 25.8 Å². The van der Waals surface area contributed by atoms with Gasteiger partial charge in [0.15, 0.2) is 0 Å². The van der Waals surface area contributed by atoms with Crippen molar-refractivity contribution in [1.29, 1.82) is 0 Å². The van der Waals surface area contributed by atoms with E-state index >= 15 is 0 Å². The minimum absolute atomic E-state index is 0.228. The molecule has 0 bridgehead atoms. The molecule has 3 N–H and O–H groups in total. The van der Waals surface area contributed by atoms with Crippen molar-refractivity contribution in [2.45, 2.75) is 44.9 Å². The average molecular weight is 389 g/mol. The maximum atomic E-state index is 12.7. The van der Waals surface area contributed by atoms with Gasteiger partial charge in [0.05, 0.1) is 19.6 Å². The molecule has 8 nitrogen and oxygen atoms in total. The van der Waals surface area contributed by atoms with Crippen LogP contribution in [-0.2, 0) is 30.3 Å². The summed E-state index contributed by atoms with van der Waals surface area (Å²) in [6.07, 6.45) is 0.578. The molecule has 0 aliphatic carbocycles. The van der Waals surface area contributed by atoms with Crippen molar-refractivity contribution in [2.24, 2.45) is 0 Å². The summed E-state index contributed by atoms with van der Waals surface area (Å²) in [5, 5.41) is 6.26. The average Bonchev–Trinajstić information content (AvgIpc) is 3.08. The maximum Gasteiger partial charge on any atom is 0.308 e. The summed E-state index contributed by atoms with van der Waals surface area (Å²) in [6.45, 7) is 3.53. The molecule has 1 aromatic heterocycles. The van der Waals surface area contributed by atoms with Gasteiger partial charge in [-0.25, -0.2) is 0 Å². The lowest BCUT2D eigenvalue weighted by Crippen LogP contribution is -2.51. The Kier molecular flexibility index (Phi) is 7.57. The minimum Gasteiger partial charge on any atom is -0.469 e. The maximum absolute atomic E-state index is 12.7. The molecule has 1 heterocycles. The number of hydrogen-bond donors (Lipinski definition) is 3. The van der Waals surface area contributed by atoms with Crippen LogP contribution < -0.4 is 10.6 Å². The first-order chi connectivity index (χ1) is 13.3. The Bertz CT molecular complexity index is 830. The number of esters is 1. The van der Waals surface area contributed by atoms with E-state index < -0.39 is 24.0 Å². The number of carbonyl (C=O) groups is 3. The second kappa shape index (κ2) is 9.89. The molecular weight excluding hydrogens is 362 g/mol. The van der Waals surface area contributed by atoms with Crippen LogP contribution in [0.25, 0.3) is 10.9 Å². The van der Waals surface area contributed by atoms with Crippen LogP contribution in [0.15, 0.2) is 30.5 Å². The van der Waals surface area contributed by atoms with Crippen LogP contribution in [0.3, 0.4) is 0 Å². The van der Waals surface area contributed by atoms with Crippen molar-refractivity contribution in [3.05, 3.63) is 36.0 Å². The Labute approximate surface area is 164 Å². The number of hydrogen-bond acceptors (Lipinski definition) is 5. The number of benzene rings is 1. The molecular formula is C20H27N3O5. The number of rotatable bonds is 9. The third kappa shape index (κ3) is 5.56. The smallest absolute Gasteiger partial charge is 0.308 e. The molecule has 0 aliphatic heterocycles. The Hall–Kier alpha value is -2.87. The Morgan fingerprint density at radius 1 is 1.14 bits per heavy atom. The highest BCUT2D eigenvalue weighted by Crippen LogP contribution is 2.19. The topological polar surface area (TPSA) is 110 Å². The van der Waals surface area contributed by atoms with Gasteiger partial charge in [-0.3, -0.25) is 14.4 Å². The van der Waals surface area contributed by atoms with Gasteiger partial charge in [-0.15, -0.1) is 0 Å². The van der Waals surface area contributed by atoms with Gasteiger partial charge < -0.3 is 25.1 Å². The number of ether oxygens (including phenoxy) is 2. The molecule has 0 saturated heterocycles. The van der Waals surface area contributed by atoms with E-state index in [2.05, 4.69) is 20.4 Å². The van der Waals surface area contributed by atoms with Gasteiger partial charge in [-0.05, 0) is 25.5 Å². The molecule has 2 atom stereocenters. The van der Waals surface area contributed by atoms with Crippen molar-refractivity contribution in [3.8, 4) is 0 Å². The number of methoxy groups -OCH3 is 1. The fourth-order valence-corrected chi connectivity index (χ4v) is 2.93. The zero-order chi connectivity index (χ0) is 20.7. The third-order valence-corrected chi connectivity index (χ3v) is 4.29. The predicted octanol–water partition coefficient (Wildman–Crippen LogP) is 1.30. The van der Waals surface area contributed by atoms with E-state index in [1.165, 1.54) is 14.2 Å². The standard InChI is InChI=1S/C20H27N3O5/c1-12(2)28-17(10-18(24)27-4)20(26)23-16(19(25)21-3)9-13-11-22-15-8-6-5-7-14(13)15/h5-8,11-12,16-17,22H,9-10H2,1-4H3,(H,21,25)(H,23,26)/t16-,17+/m0/s1. The van der Waals surface area contributed by atoms with E-state index in [0.29, 0.717) is 6.42 Å². The summed E-state index contributed by atoms with van der Waals surface area (Å²) in [4.78, 5) is 39.9. The van der Waals surface area contributed by atoms with Crippen molar-refractivity contribution >= 4 is 28.7 Å². The summed E-state index contributed by atoms with van der Waals surface area (Å²) in [7, 11) is 2.75. The third-order valence-electron chi connectivity index (χ3n) is 4.29. The molecule has 28 heavy (non-hydrogen) atoms. The first-order valence-electron chi connectivity index (χ1n) is 9.15. The van der Waals surface area contributed by atoms with Crippen LogP contribution in [0, 0.1) is 0 Å². The molecule has 152 valence electrons. The van der Waals surface area contributed by atoms with E-state index in [-0.39, 0.29) is 18.4 Å². The van der Waals surface area contributed by atoms with E-state index in [9.17, 15) is 14.4 Å². The Balaban J connectivity index is 2.18. The van der Waals surface area contributed by atoms with E-state index in [1.54, 1.807) is 13.8 Å². The number of H-pyrrole nitrogens is 1. The number of likely N-dealkylation sites (N-methyl/N-ethyl adjacent to an activating group) is 1. The monoisotopic (exact) mass is 389 g/mol. The fourth-order valence-electron chi connectivity index (χ4n) is 2.93. The predicted molar refractivity (Wildman–Crippen MR) is 105 cm³/mol. The van der Waals surface area contributed by atoms with Gasteiger partial charge in [-0.2, -0.15) is 0 Å². The Morgan fingerprint density at radius 2 is 1.86 bits per heavy atom. The van der Waals surface area contributed by atoms with Crippen LogP contribution in [0.5, 0.6) is 0 Å². The molecule has 2 amide bonds. The largest absolute Gasteiger partial charge is 0.469 e. The first kappa shape index (κ1) is 21.4. The SMILES string of the molecule is CNC(=O)[C@H](Cc1c[nH]c2ccccc12)NC(=O)[C@@H](CC(=O)OC)OC(C)C. The zero-order valence-corrected chi connectivity index (χ0v) is 16.6. The summed E-state index contributed by atoms with van der Waals surface area (Å²) in [6, 6.07) is 6.91. The molecule has 0 saturated carbocycles. The van der Waals surface area contributed by atoms with E-state index in [1.807, 2.05) is 30.5 Å². The number of carbonyl (C=O) groups excluding carboxylic acids is 3. The molecule has 2 rings (SSSR count). The second-order valence-electron chi connectivity index (χ2n) is 6.69. The molecule has 0 fully saturated rings. The minimum atomic E-state index is -1.04.